The van der Waals surface area contributed by atoms with Crippen LogP contribution in [0.15, 0.2) is 47.4 Å². The van der Waals surface area contributed by atoms with Crippen LogP contribution in [0, 0.1) is 5.82 Å². The number of amides is 2. The van der Waals surface area contributed by atoms with Crippen LogP contribution in [0.3, 0.4) is 0 Å². The van der Waals surface area contributed by atoms with Gasteiger partial charge < -0.3 is 10.6 Å². The molecule has 0 atom stereocenters. The highest BCUT2D eigenvalue weighted by molar-refractivity contribution is 7.89. The van der Waals surface area contributed by atoms with Gasteiger partial charge in [-0.3, -0.25) is 9.59 Å². The minimum Gasteiger partial charge on any atom is -0.351 e. The fraction of sp³-hybridized carbons (Fsp3) is 0.222. The van der Waals surface area contributed by atoms with E-state index in [-0.39, 0.29) is 28.9 Å². The van der Waals surface area contributed by atoms with Crippen molar-refractivity contribution in [2.24, 2.45) is 0 Å². The number of carbonyl (C=O) groups excluding carboxylic acids is 2. The molecule has 0 aliphatic heterocycles. The number of hydrogen-bond acceptors (Lipinski definition) is 4. The first-order valence-corrected chi connectivity index (χ1v) is 10.2. The second-order valence-electron chi connectivity index (χ2n) is 5.71. The van der Waals surface area contributed by atoms with Crippen molar-refractivity contribution >= 4 is 39.1 Å². The molecule has 0 aliphatic carbocycles. The van der Waals surface area contributed by atoms with Gasteiger partial charge in [-0.15, -0.1) is 0 Å². The molecule has 2 aromatic rings. The molecule has 0 saturated carbocycles. The second-order valence-corrected chi connectivity index (χ2v) is 7.88. The summed E-state index contributed by atoms with van der Waals surface area (Å²) in [4.78, 5) is 23.2. The van der Waals surface area contributed by atoms with Gasteiger partial charge in [0, 0.05) is 30.8 Å². The van der Waals surface area contributed by atoms with E-state index in [4.69, 9.17) is 11.6 Å². The van der Waals surface area contributed by atoms with E-state index in [0.29, 0.717) is 17.7 Å². The smallest absolute Gasteiger partial charge is 0.251 e. The van der Waals surface area contributed by atoms with E-state index in [1.165, 1.54) is 0 Å². The van der Waals surface area contributed by atoms with E-state index < -0.39 is 21.7 Å². The van der Waals surface area contributed by atoms with Gasteiger partial charge in [0.1, 0.15) is 5.82 Å². The van der Waals surface area contributed by atoms with E-state index in [2.05, 4.69) is 15.4 Å². The maximum Gasteiger partial charge on any atom is 0.251 e. The standard InChI is InChI=1S/C18H19ClFN3O4S/c1-2-17(24)23-13-5-3-12(4-6-13)18(25)21-9-10-22-28(26,27)14-7-8-16(20)15(19)11-14/h3-8,11,22H,2,9-10H2,1H3,(H,21,25)(H,23,24). The monoisotopic (exact) mass is 427 g/mol. The van der Waals surface area contributed by atoms with Crippen LogP contribution in [0.4, 0.5) is 10.1 Å². The van der Waals surface area contributed by atoms with Gasteiger partial charge in [-0.05, 0) is 42.5 Å². The van der Waals surface area contributed by atoms with Crippen LogP contribution in [0.2, 0.25) is 5.02 Å². The quantitative estimate of drug-likeness (QED) is 0.563. The van der Waals surface area contributed by atoms with Crippen LogP contribution >= 0.6 is 11.6 Å². The van der Waals surface area contributed by atoms with Crippen LogP contribution in [0.1, 0.15) is 23.7 Å². The number of carbonyl (C=O) groups is 2. The minimum atomic E-state index is -3.87. The Morgan fingerprint density at radius 2 is 1.75 bits per heavy atom. The molecule has 2 amide bonds. The third-order valence-electron chi connectivity index (χ3n) is 3.66. The number of sulfonamides is 1. The van der Waals surface area contributed by atoms with Crippen molar-refractivity contribution < 1.29 is 22.4 Å². The van der Waals surface area contributed by atoms with E-state index in [1.807, 2.05) is 0 Å². The molecule has 0 fully saturated rings. The van der Waals surface area contributed by atoms with Gasteiger partial charge in [0.25, 0.3) is 5.91 Å². The Bertz CT molecular complexity index is 965. The number of benzene rings is 2. The van der Waals surface area contributed by atoms with Gasteiger partial charge in [-0.1, -0.05) is 18.5 Å². The van der Waals surface area contributed by atoms with Crippen LogP contribution in [0.5, 0.6) is 0 Å². The summed E-state index contributed by atoms with van der Waals surface area (Å²) < 4.78 is 39.7. The molecule has 0 unspecified atom stereocenters. The fourth-order valence-electron chi connectivity index (χ4n) is 2.15. The third kappa shape index (κ3) is 6.01. The minimum absolute atomic E-state index is 0.0430. The van der Waals surface area contributed by atoms with E-state index in [1.54, 1.807) is 31.2 Å². The zero-order valence-corrected chi connectivity index (χ0v) is 16.5. The molecule has 2 rings (SSSR count). The summed E-state index contributed by atoms with van der Waals surface area (Å²) in [6.07, 6.45) is 0.349. The van der Waals surface area contributed by atoms with Crippen LogP contribution < -0.4 is 15.4 Å². The first-order chi connectivity index (χ1) is 13.2. The third-order valence-corrected chi connectivity index (χ3v) is 5.40. The predicted molar refractivity (Wildman–Crippen MR) is 104 cm³/mol. The van der Waals surface area contributed by atoms with E-state index in [9.17, 15) is 22.4 Å². The zero-order chi connectivity index (χ0) is 20.7. The van der Waals surface area contributed by atoms with Crippen molar-refractivity contribution in [3.8, 4) is 0 Å². The van der Waals surface area contributed by atoms with Gasteiger partial charge in [0.2, 0.25) is 15.9 Å². The lowest BCUT2D eigenvalue weighted by molar-refractivity contribution is -0.115. The molecule has 28 heavy (non-hydrogen) atoms. The number of hydrogen-bond donors (Lipinski definition) is 3. The van der Waals surface area contributed by atoms with Crippen molar-refractivity contribution in [1.82, 2.24) is 10.0 Å². The Labute approximate surface area is 167 Å². The number of halogens is 2. The maximum atomic E-state index is 13.1. The molecule has 7 nitrogen and oxygen atoms in total. The number of nitrogens with one attached hydrogen (secondary N) is 3. The molecule has 2 aromatic carbocycles. The maximum absolute atomic E-state index is 13.1. The lowest BCUT2D eigenvalue weighted by atomic mass is 10.2. The Balaban J connectivity index is 1.84. The molecule has 0 aromatic heterocycles. The van der Waals surface area contributed by atoms with Gasteiger partial charge >= 0.3 is 0 Å². The Morgan fingerprint density at radius 3 is 2.36 bits per heavy atom. The average Bonchev–Trinajstić information content (AvgIpc) is 2.67. The Morgan fingerprint density at radius 1 is 1.07 bits per heavy atom. The van der Waals surface area contributed by atoms with Crippen molar-refractivity contribution in [3.63, 3.8) is 0 Å². The lowest BCUT2D eigenvalue weighted by Gasteiger charge is -2.09. The molecule has 10 heteroatoms. The van der Waals surface area contributed by atoms with Gasteiger partial charge in [-0.2, -0.15) is 0 Å². The summed E-state index contributed by atoms with van der Waals surface area (Å²) in [5.41, 5.74) is 0.941. The summed E-state index contributed by atoms with van der Waals surface area (Å²) in [6.45, 7) is 1.71. The SMILES string of the molecule is CCC(=O)Nc1ccc(C(=O)NCCNS(=O)(=O)c2ccc(F)c(Cl)c2)cc1. The summed E-state index contributed by atoms with van der Waals surface area (Å²) >= 11 is 5.59. The summed E-state index contributed by atoms with van der Waals surface area (Å²) in [5.74, 6) is -1.24. The summed E-state index contributed by atoms with van der Waals surface area (Å²) in [6, 6.07) is 9.37. The molecular formula is C18H19ClFN3O4S. The molecule has 0 saturated heterocycles. The Kier molecular flexibility index (Phi) is 7.50. The van der Waals surface area contributed by atoms with Gasteiger partial charge in [0.05, 0.1) is 9.92 Å². The molecule has 3 N–H and O–H groups in total. The normalized spacial score (nSPS) is 11.1. The topological polar surface area (TPSA) is 104 Å². The van der Waals surface area contributed by atoms with Crippen molar-refractivity contribution in [1.29, 1.82) is 0 Å². The van der Waals surface area contributed by atoms with Gasteiger partial charge in [0.15, 0.2) is 0 Å². The van der Waals surface area contributed by atoms with E-state index in [0.717, 1.165) is 18.2 Å². The molecule has 0 spiro atoms. The first-order valence-electron chi connectivity index (χ1n) is 8.35. The molecule has 150 valence electrons. The highest BCUT2D eigenvalue weighted by Gasteiger charge is 2.15. The molecule has 0 aliphatic rings. The van der Waals surface area contributed by atoms with Gasteiger partial charge in [-0.25, -0.2) is 17.5 Å². The first kappa shape index (κ1) is 21.8. The largest absolute Gasteiger partial charge is 0.351 e. The lowest BCUT2D eigenvalue weighted by Crippen LogP contribution is -2.34. The zero-order valence-electron chi connectivity index (χ0n) is 15.0. The van der Waals surface area contributed by atoms with Crippen molar-refractivity contribution in [2.75, 3.05) is 18.4 Å². The second kappa shape index (κ2) is 9.63. The Hall–Kier alpha value is -2.49. The predicted octanol–water partition coefficient (Wildman–Crippen LogP) is 2.54. The summed E-state index contributed by atoms with van der Waals surface area (Å²) in [5, 5.41) is 4.95. The molecule has 0 bridgehead atoms. The van der Waals surface area contributed by atoms with Crippen molar-refractivity contribution in [3.05, 3.63) is 58.9 Å². The van der Waals surface area contributed by atoms with Crippen LogP contribution in [-0.4, -0.2) is 33.3 Å². The number of anilines is 1. The summed E-state index contributed by atoms with van der Waals surface area (Å²) in [7, 11) is -3.87. The highest BCUT2D eigenvalue weighted by atomic mass is 35.5. The van der Waals surface area contributed by atoms with Crippen LogP contribution in [0.25, 0.3) is 0 Å². The molecule has 0 heterocycles. The molecule has 0 radical (unpaired) electrons. The van der Waals surface area contributed by atoms with Crippen LogP contribution in [-0.2, 0) is 14.8 Å². The van der Waals surface area contributed by atoms with Crippen molar-refractivity contribution in [2.45, 2.75) is 18.2 Å². The number of rotatable bonds is 8. The molecular weight excluding hydrogens is 409 g/mol. The van der Waals surface area contributed by atoms with E-state index >= 15 is 0 Å². The average molecular weight is 428 g/mol. The fourth-order valence-corrected chi connectivity index (χ4v) is 3.45. The highest BCUT2D eigenvalue weighted by Crippen LogP contribution is 2.19.